The van der Waals surface area contributed by atoms with Crippen molar-refractivity contribution >= 4 is 5.97 Å². The first-order valence-corrected chi connectivity index (χ1v) is 8.01. The average molecular weight is 359 g/mol. The van der Waals surface area contributed by atoms with Crippen LogP contribution in [0.15, 0.2) is 79.4 Å². The molecule has 0 saturated carbocycles. The zero-order valence-electron chi connectivity index (χ0n) is 14.0. The number of tetrazole rings is 1. The Balaban J connectivity index is 1.40. The maximum atomic E-state index is 12.3. The molecule has 2 aromatic heterocycles. The van der Waals surface area contributed by atoms with Gasteiger partial charge in [-0.3, -0.25) is 4.98 Å². The van der Waals surface area contributed by atoms with E-state index in [1.807, 2.05) is 0 Å². The van der Waals surface area contributed by atoms with Crippen molar-refractivity contribution in [2.45, 2.75) is 0 Å². The van der Waals surface area contributed by atoms with E-state index in [9.17, 15) is 4.79 Å². The number of ether oxygens (including phenoxy) is 2. The van der Waals surface area contributed by atoms with Crippen LogP contribution in [0.3, 0.4) is 0 Å². The lowest BCUT2D eigenvalue weighted by molar-refractivity contribution is 0.0734. The molecule has 0 radical (unpaired) electrons. The van der Waals surface area contributed by atoms with Crippen LogP contribution < -0.4 is 9.47 Å². The quantitative estimate of drug-likeness (QED) is 0.399. The molecule has 0 saturated heterocycles. The largest absolute Gasteiger partial charge is 0.456 e. The Kier molecular flexibility index (Phi) is 4.52. The molecule has 0 aliphatic heterocycles. The van der Waals surface area contributed by atoms with E-state index < -0.39 is 5.97 Å². The third kappa shape index (κ3) is 3.96. The zero-order valence-corrected chi connectivity index (χ0v) is 14.0. The average Bonchev–Trinajstić information content (AvgIpc) is 3.25. The summed E-state index contributed by atoms with van der Waals surface area (Å²) in [5.74, 6) is 1.19. The summed E-state index contributed by atoms with van der Waals surface area (Å²) >= 11 is 0. The van der Waals surface area contributed by atoms with Gasteiger partial charge in [0.2, 0.25) is 0 Å². The Morgan fingerprint density at radius 1 is 0.889 bits per heavy atom. The standard InChI is InChI=1S/C19H13N5O3/c25-19(27-17-9-5-15(6-10-17)24-13-21-22-23-24)14-3-7-16(8-4-14)26-18-2-1-11-20-12-18/h1-13H. The molecule has 0 N–H and O–H groups in total. The van der Waals surface area contributed by atoms with Gasteiger partial charge >= 0.3 is 5.97 Å². The molecule has 27 heavy (non-hydrogen) atoms. The van der Waals surface area contributed by atoms with Crippen LogP contribution in [0.5, 0.6) is 17.2 Å². The maximum absolute atomic E-state index is 12.3. The first-order valence-electron chi connectivity index (χ1n) is 8.01. The molecule has 0 atom stereocenters. The fraction of sp³-hybridized carbons (Fsp3) is 0. The number of rotatable bonds is 5. The predicted octanol–water partition coefficient (Wildman–Crippen LogP) is 3.07. The molecule has 4 rings (SSSR count). The summed E-state index contributed by atoms with van der Waals surface area (Å²) in [6.07, 6.45) is 4.76. The van der Waals surface area contributed by atoms with Gasteiger partial charge < -0.3 is 9.47 Å². The molecule has 0 unspecified atom stereocenters. The van der Waals surface area contributed by atoms with Gasteiger partial charge in [-0.15, -0.1) is 5.10 Å². The molecule has 132 valence electrons. The lowest BCUT2D eigenvalue weighted by Gasteiger charge is -2.07. The molecule has 0 fully saturated rings. The van der Waals surface area contributed by atoms with Crippen molar-refractivity contribution in [3.8, 4) is 22.9 Å². The van der Waals surface area contributed by atoms with Crippen molar-refractivity contribution in [2.24, 2.45) is 0 Å². The highest BCUT2D eigenvalue weighted by molar-refractivity contribution is 5.91. The number of carbonyl (C=O) groups excluding carboxylic acids is 1. The number of benzene rings is 2. The van der Waals surface area contributed by atoms with Crippen LogP contribution in [0.25, 0.3) is 5.69 Å². The Morgan fingerprint density at radius 2 is 1.67 bits per heavy atom. The van der Waals surface area contributed by atoms with E-state index in [1.165, 1.54) is 11.0 Å². The molecule has 0 spiro atoms. The van der Waals surface area contributed by atoms with Crippen LogP contribution in [0, 0.1) is 0 Å². The summed E-state index contributed by atoms with van der Waals surface area (Å²) in [6, 6.07) is 17.1. The topological polar surface area (TPSA) is 92.0 Å². The fourth-order valence-electron chi connectivity index (χ4n) is 2.32. The molecule has 2 heterocycles. The van der Waals surface area contributed by atoms with Gasteiger partial charge in [-0.05, 0) is 71.1 Å². The monoisotopic (exact) mass is 359 g/mol. The molecule has 8 heteroatoms. The number of hydrogen-bond acceptors (Lipinski definition) is 7. The SMILES string of the molecule is O=C(Oc1ccc(-n2cnnn2)cc1)c1ccc(Oc2cccnc2)cc1. The molecular formula is C19H13N5O3. The van der Waals surface area contributed by atoms with E-state index in [-0.39, 0.29) is 0 Å². The third-order valence-electron chi connectivity index (χ3n) is 3.62. The highest BCUT2D eigenvalue weighted by Crippen LogP contribution is 2.21. The van der Waals surface area contributed by atoms with Gasteiger partial charge in [0, 0.05) is 6.20 Å². The Bertz CT molecular complexity index is 1020. The van der Waals surface area contributed by atoms with Gasteiger partial charge in [-0.2, -0.15) is 0 Å². The number of esters is 1. The van der Waals surface area contributed by atoms with Crippen molar-refractivity contribution in [3.05, 3.63) is 84.9 Å². The van der Waals surface area contributed by atoms with Gasteiger partial charge in [0.25, 0.3) is 0 Å². The second-order valence-corrected chi connectivity index (χ2v) is 5.45. The van der Waals surface area contributed by atoms with Gasteiger partial charge in [0.15, 0.2) is 0 Å². The summed E-state index contributed by atoms with van der Waals surface area (Å²) in [4.78, 5) is 16.3. The van der Waals surface area contributed by atoms with Gasteiger partial charge in [0.05, 0.1) is 17.4 Å². The summed E-state index contributed by atoms with van der Waals surface area (Å²) in [7, 11) is 0. The zero-order chi connectivity index (χ0) is 18.5. The van der Waals surface area contributed by atoms with Crippen LogP contribution in [0.1, 0.15) is 10.4 Å². The number of pyridine rings is 1. The van der Waals surface area contributed by atoms with Crippen LogP contribution in [0.2, 0.25) is 0 Å². The smallest absolute Gasteiger partial charge is 0.343 e. The number of hydrogen-bond donors (Lipinski definition) is 0. The van der Waals surface area contributed by atoms with E-state index >= 15 is 0 Å². The number of nitrogens with zero attached hydrogens (tertiary/aromatic N) is 5. The molecule has 0 aliphatic carbocycles. The molecule has 2 aromatic carbocycles. The Morgan fingerprint density at radius 3 is 2.33 bits per heavy atom. The fourth-order valence-corrected chi connectivity index (χ4v) is 2.32. The molecule has 0 amide bonds. The van der Waals surface area contributed by atoms with Gasteiger partial charge in [0.1, 0.15) is 23.6 Å². The summed E-state index contributed by atoms with van der Waals surface area (Å²) < 4.78 is 12.5. The first kappa shape index (κ1) is 16.4. The third-order valence-corrected chi connectivity index (χ3v) is 3.62. The molecule has 0 aliphatic rings. The molecule has 4 aromatic rings. The minimum atomic E-state index is -0.460. The number of carbonyl (C=O) groups is 1. The highest BCUT2D eigenvalue weighted by Gasteiger charge is 2.09. The Labute approximate surface area is 154 Å². The van der Waals surface area contributed by atoms with Crippen LogP contribution >= 0.6 is 0 Å². The van der Waals surface area contributed by atoms with Crippen LogP contribution in [0.4, 0.5) is 0 Å². The predicted molar refractivity (Wildman–Crippen MR) is 94.9 cm³/mol. The minimum Gasteiger partial charge on any atom is -0.456 e. The van der Waals surface area contributed by atoms with Gasteiger partial charge in [-0.1, -0.05) is 0 Å². The van der Waals surface area contributed by atoms with E-state index in [0.29, 0.717) is 22.8 Å². The van der Waals surface area contributed by atoms with E-state index in [2.05, 4.69) is 20.5 Å². The van der Waals surface area contributed by atoms with Crippen LogP contribution in [-0.2, 0) is 0 Å². The van der Waals surface area contributed by atoms with Crippen molar-refractivity contribution in [1.82, 2.24) is 25.2 Å². The normalized spacial score (nSPS) is 10.4. The number of aromatic nitrogens is 5. The van der Waals surface area contributed by atoms with Crippen molar-refractivity contribution in [1.29, 1.82) is 0 Å². The second kappa shape index (κ2) is 7.44. The van der Waals surface area contributed by atoms with Crippen LogP contribution in [-0.4, -0.2) is 31.2 Å². The first-order chi connectivity index (χ1) is 13.3. The van der Waals surface area contributed by atoms with Crippen molar-refractivity contribution < 1.29 is 14.3 Å². The second-order valence-electron chi connectivity index (χ2n) is 5.45. The summed E-state index contributed by atoms with van der Waals surface area (Å²) in [5, 5.41) is 10.9. The molecule has 8 nitrogen and oxygen atoms in total. The Hall–Kier alpha value is -4.07. The van der Waals surface area contributed by atoms with E-state index in [0.717, 1.165) is 5.69 Å². The maximum Gasteiger partial charge on any atom is 0.343 e. The lowest BCUT2D eigenvalue weighted by Crippen LogP contribution is -2.08. The summed E-state index contributed by atoms with van der Waals surface area (Å²) in [6.45, 7) is 0. The van der Waals surface area contributed by atoms with Crippen molar-refractivity contribution in [2.75, 3.05) is 0 Å². The van der Waals surface area contributed by atoms with E-state index in [4.69, 9.17) is 9.47 Å². The summed E-state index contributed by atoms with van der Waals surface area (Å²) in [5.41, 5.74) is 1.18. The highest BCUT2D eigenvalue weighted by atomic mass is 16.5. The van der Waals surface area contributed by atoms with Crippen molar-refractivity contribution in [3.63, 3.8) is 0 Å². The van der Waals surface area contributed by atoms with Gasteiger partial charge in [-0.25, -0.2) is 9.48 Å². The molecule has 0 bridgehead atoms. The van der Waals surface area contributed by atoms with E-state index in [1.54, 1.807) is 73.1 Å². The molecular weight excluding hydrogens is 346 g/mol. The lowest BCUT2D eigenvalue weighted by atomic mass is 10.2. The minimum absolute atomic E-state index is 0.415.